The lowest BCUT2D eigenvalue weighted by Gasteiger charge is -2.36. The number of para-hydroxylation sites is 1. The smallest absolute Gasteiger partial charge is 0.251 e. The first-order valence-corrected chi connectivity index (χ1v) is 10.3. The number of anilines is 1. The zero-order valence-electron chi connectivity index (χ0n) is 17.2. The molecule has 2 aromatic carbocycles. The Morgan fingerprint density at radius 3 is 2.27 bits per heavy atom. The highest BCUT2D eigenvalue weighted by molar-refractivity contribution is 6.22. The van der Waals surface area contributed by atoms with E-state index in [9.17, 15) is 9.59 Å². The summed E-state index contributed by atoms with van der Waals surface area (Å²) < 4.78 is 10.9. The number of methoxy groups -OCH3 is 1. The highest BCUT2D eigenvalue weighted by Gasteiger charge is 2.43. The van der Waals surface area contributed by atoms with Gasteiger partial charge in [-0.15, -0.1) is 0 Å². The van der Waals surface area contributed by atoms with Gasteiger partial charge in [-0.05, 0) is 36.4 Å². The van der Waals surface area contributed by atoms with Crippen LogP contribution in [0, 0.1) is 0 Å². The molecule has 2 aliphatic rings. The Hall–Kier alpha value is -2.90. The fourth-order valence-corrected chi connectivity index (χ4v) is 4.01. The summed E-state index contributed by atoms with van der Waals surface area (Å²) in [6.07, 6.45) is 0.238. The Bertz CT molecular complexity index is 864. The average Bonchev–Trinajstić information content (AvgIpc) is 3.09. The molecule has 7 nitrogen and oxygen atoms in total. The third-order valence-corrected chi connectivity index (χ3v) is 5.72. The first kappa shape index (κ1) is 20.4. The topological polar surface area (TPSA) is 62.3 Å². The fraction of sp³-hybridized carbons (Fsp3) is 0.391. The highest BCUT2D eigenvalue weighted by atomic mass is 16.5. The number of imide groups is 1. The fourth-order valence-electron chi connectivity index (χ4n) is 4.01. The number of hydrogen-bond acceptors (Lipinski definition) is 6. The second kappa shape index (κ2) is 9.28. The third kappa shape index (κ3) is 4.47. The number of piperazine rings is 1. The van der Waals surface area contributed by atoms with E-state index in [1.54, 1.807) is 31.4 Å². The maximum Gasteiger partial charge on any atom is 0.251 e. The zero-order valence-corrected chi connectivity index (χ0v) is 17.2. The van der Waals surface area contributed by atoms with Crippen LogP contribution in [-0.2, 0) is 9.59 Å². The van der Waals surface area contributed by atoms with Crippen molar-refractivity contribution in [3.63, 3.8) is 0 Å². The van der Waals surface area contributed by atoms with Crippen LogP contribution < -0.4 is 14.4 Å². The van der Waals surface area contributed by atoms with E-state index in [2.05, 4.69) is 9.80 Å². The molecule has 0 bridgehead atoms. The van der Waals surface area contributed by atoms with E-state index in [1.807, 2.05) is 30.3 Å². The van der Waals surface area contributed by atoms with Gasteiger partial charge in [0.15, 0.2) is 0 Å². The lowest BCUT2D eigenvalue weighted by Crippen LogP contribution is -2.53. The third-order valence-electron chi connectivity index (χ3n) is 5.72. The Labute approximate surface area is 176 Å². The van der Waals surface area contributed by atoms with Crippen molar-refractivity contribution in [1.29, 1.82) is 0 Å². The molecule has 4 rings (SSSR count). The average molecular weight is 409 g/mol. The number of amides is 2. The lowest BCUT2D eigenvalue weighted by atomic mass is 10.1. The van der Waals surface area contributed by atoms with Crippen LogP contribution in [-0.4, -0.2) is 74.1 Å². The van der Waals surface area contributed by atoms with Gasteiger partial charge in [0.1, 0.15) is 18.1 Å². The van der Waals surface area contributed by atoms with Crippen LogP contribution in [0.3, 0.4) is 0 Å². The Morgan fingerprint density at radius 2 is 1.60 bits per heavy atom. The van der Waals surface area contributed by atoms with E-state index >= 15 is 0 Å². The molecule has 2 aliphatic heterocycles. The van der Waals surface area contributed by atoms with Gasteiger partial charge in [0, 0.05) is 32.7 Å². The van der Waals surface area contributed by atoms with Crippen molar-refractivity contribution in [2.75, 3.05) is 51.3 Å². The van der Waals surface area contributed by atoms with E-state index in [0.717, 1.165) is 38.5 Å². The highest BCUT2D eigenvalue weighted by Crippen LogP contribution is 2.27. The molecule has 0 unspecified atom stereocenters. The minimum absolute atomic E-state index is 0.133. The minimum Gasteiger partial charge on any atom is -0.497 e. The number of nitrogens with zero attached hydrogens (tertiary/aromatic N) is 3. The van der Waals surface area contributed by atoms with Gasteiger partial charge in [0.2, 0.25) is 5.91 Å². The standard InChI is InChI=1S/C23H27N3O4/c1-29-19-9-7-18(8-10-19)26-22(27)17-21(23(26)28)25-13-11-24(12-14-25)15-16-30-20-5-3-2-4-6-20/h2-10,21H,11-17H2,1H3/t21-/m1/s1. The molecule has 1 atom stereocenters. The predicted molar refractivity (Wildman–Crippen MR) is 114 cm³/mol. The monoisotopic (exact) mass is 409 g/mol. The molecule has 0 saturated carbocycles. The second-order valence-corrected chi connectivity index (χ2v) is 7.52. The molecule has 30 heavy (non-hydrogen) atoms. The largest absolute Gasteiger partial charge is 0.497 e. The number of rotatable bonds is 7. The first-order valence-electron chi connectivity index (χ1n) is 10.3. The van der Waals surface area contributed by atoms with E-state index in [4.69, 9.17) is 9.47 Å². The van der Waals surface area contributed by atoms with E-state index < -0.39 is 0 Å². The van der Waals surface area contributed by atoms with Crippen molar-refractivity contribution >= 4 is 17.5 Å². The van der Waals surface area contributed by atoms with Crippen LogP contribution in [0.1, 0.15) is 6.42 Å². The summed E-state index contributed by atoms with van der Waals surface area (Å²) >= 11 is 0. The van der Waals surface area contributed by atoms with Crippen LogP contribution in [0.15, 0.2) is 54.6 Å². The summed E-state index contributed by atoms with van der Waals surface area (Å²) in [5, 5.41) is 0. The first-order chi connectivity index (χ1) is 14.7. The molecule has 158 valence electrons. The molecule has 0 spiro atoms. The lowest BCUT2D eigenvalue weighted by molar-refractivity contribution is -0.123. The molecular formula is C23H27N3O4. The molecule has 7 heteroatoms. The summed E-state index contributed by atoms with van der Waals surface area (Å²) in [6, 6.07) is 16.5. The Morgan fingerprint density at radius 1 is 0.900 bits per heavy atom. The van der Waals surface area contributed by atoms with Gasteiger partial charge >= 0.3 is 0 Å². The van der Waals surface area contributed by atoms with Crippen molar-refractivity contribution in [3.8, 4) is 11.5 Å². The van der Waals surface area contributed by atoms with Crippen molar-refractivity contribution in [2.24, 2.45) is 0 Å². The molecule has 0 aromatic heterocycles. The molecule has 0 N–H and O–H groups in total. The summed E-state index contributed by atoms with van der Waals surface area (Å²) in [7, 11) is 1.59. The van der Waals surface area contributed by atoms with Crippen molar-refractivity contribution in [2.45, 2.75) is 12.5 Å². The van der Waals surface area contributed by atoms with Crippen LogP contribution in [0.5, 0.6) is 11.5 Å². The van der Waals surface area contributed by atoms with Crippen molar-refractivity contribution in [3.05, 3.63) is 54.6 Å². The molecule has 2 fully saturated rings. The van der Waals surface area contributed by atoms with Gasteiger partial charge in [-0.1, -0.05) is 18.2 Å². The predicted octanol–water partition coefficient (Wildman–Crippen LogP) is 2.02. The molecule has 2 saturated heterocycles. The van der Waals surface area contributed by atoms with Crippen LogP contribution >= 0.6 is 0 Å². The summed E-state index contributed by atoms with van der Waals surface area (Å²) in [6.45, 7) is 4.74. The Kier molecular flexibility index (Phi) is 6.30. The molecule has 2 amide bonds. The van der Waals surface area contributed by atoms with E-state index in [-0.39, 0.29) is 24.3 Å². The van der Waals surface area contributed by atoms with Gasteiger partial charge in [0.25, 0.3) is 5.91 Å². The van der Waals surface area contributed by atoms with Crippen molar-refractivity contribution < 1.29 is 19.1 Å². The van der Waals surface area contributed by atoms with Gasteiger partial charge < -0.3 is 9.47 Å². The van der Waals surface area contributed by atoms with Crippen molar-refractivity contribution in [1.82, 2.24) is 9.80 Å². The van der Waals surface area contributed by atoms with Crippen LogP contribution in [0.2, 0.25) is 0 Å². The Balaban J connectivity index is 1.28. The van der Waals surface area contributed by atoms with Crippen LogP contribution in [0.4, 0.5) is 5.69 Å². The molecule has 0 radical (unpaired) electrons. The van der Waals surface area contributed by atoms with E-state index in [0.29, 0.717) is 18.0 Å². The van der Waals surface area contributed by atoms with E-state index in [1.165, 1.54) is 4.90 Å². The van der Waals surface area contributed by atoms with Gasteiger partial charge in [0.05, 0.1) is 25.3 Å². The number of carbonyl (C=O) groups is 2. The summed E-state index contributed by atoms with van der Waals surface area (Å²) in [5.74, 6) is 1.30. The normalized spacial score (nSPS) is 20.6. The number of benzene rings is 2. The molecular weight excluding hydrogens is 382 g/mol. The zero-order chi connectivity index (χ0) is 20.9. The van der Waals surface area contributed by atoms with Gasteiger partial charge in [-0.25, -0.2) is 4.90 Å². The number of hydrogen-bond donors (Lipinski definition) is 0. The molecule has 0 aliphatic carbocycles. The maximum atomic E-state index is 13.0. The van der Waals surface area contributed by atoms with Gasteiger partial charge in [-0.2, -0.15) is 0 Å². The summed E-state index contributed by atoms with van der Waals surface area (Å²) in [5.41, 5.74) is 0.602. The van der Waals surface area contributed by atoms with Gasteiger partial charge in [-0.3, -0.25) is 19.4 Å². The summed E-state index contributed by atoms with van der Waals surface area (Å²) in [4.78, 5) is 31.3. The number of ether oxygens (including phenoxy) is 2. The second-order valence-electron chi connectivity index (χ2n) is 7.52. The quantitative estimate of drug-likeness (QED) is 0.652. The maximum absolute atomic E-state index is 13.0. The molecule has 2 heterocycles. The van der Waals surface area contributed by atoms with Crippen LogP contribution in [0.25, 0.3) is 0 Å². The minimum atomic E-state index is -0.373. The molecule has 2 aromatic rings. The SMILES string of the molecule is COc1ccc(N2C(=O)C[C@@H](N3CCN(CCOc4ccccc4)CC3)C2=O)cc1. The number of carbonyl (C=O) groups excluding carboxylic acids is 2.